The first-order chi connectivity index (χ1) is 8.79. The van der Waals surface area contributed by atoms with Gasteiger partial charge >= 0.3 is 0 Å². The molecule has 2 aliphatic carbocycles. The van der Waals surface area contributed by atoms with E-state index in [9.17, 15) is 0 Å². The van der Waals surface area contributed by atoms with Gasteiger partial charge in [0.05, 0.1) is 0 Å². The maximum atomic E-state index is 3.52. The molecule has 0 aromatic heterocycles. The Morgan fingerprint density at radius 2 is 1.33 bits per heavy atom. The highest BCUT2D eigenvalue weighted by atomic mass is 15.0. The summed E-state index contributed by atoms with van der Waals surface area (Å²) < 4.78 is 0. The van der Waals surface area contributed by atoms with Crippen molar-refractivity contribution in [1.82, 2.24) is 10.6 Å². The van der Waals surface area contributed by atoms with Crippen molar-refractivity contribution in [2.24, 2.45) is 22.7 Å². The van der Waals surface area contributed by atoms with Crippen molar-refractivity contribution in [2.45, 2.75) is 51.4 Å². The number of nitrogens with one attached hydrogen (secondary N) is 2. The SMILES string of the molecule is C1CC2(CCN1)CC(C1CCC3(CC1)CNC3)C2. The third kappa shape index (κ3) is 1.84. The second kappa shape index (κ2) is 4.21. The number of hydrogen-bond acceptors (Lipinski definition) is 2. The molecule has 2 spiro atoms. The molecule has 0 amide bonds. The Labute approximate surface area is 111 Å². The van der Waals surface area contributed by atoms with Gasteiger partial charge in [-0.15, -0.1) is 0 Å². The molecule has 102 valence electrons. The quantitative estimate of drug-likeness (QED) is 0.745. The van der Waals surface area contributed by atoms with E-state index in [1.165, 1.54) is 51.9 Å². The molecule has 0 aromatic carbocycles. The van der Waals surface area contributed by atoms with Crippen molar-refractivity contribution in [3.8, 4) is 0 Å². The molecule has 4 rings (SSSR count). The highest BCUT2D eigenvalue weighted by molar-refractivity contribution is 5.02. The monoisotopic (exact) mass is 248 g/mol. The molecule has 0 radical (unpaired) electrons. The van der Waals surface area contributed by atoms with Gasteiger partial charge in [0.2, 0.25) is 0 Å². The van der Waals surface area contributed by atoms with Crippen LogP contribution in [-0.4, -0.2) is 26.2 Å². The molecular weight excluding hydrogens is 220 g/mol. The number of piperidine rings is 1. The molecule has 0 atom stereocenters. The zero-order valence-electron chi connectivity index (χ0n) is 11.6. The summed E-state index contributed by atoms with van der Waals surface area (Å²) in [5.74, 6) is 2.20. The van der Waals surface area contributed by atoms with E-state index in [-0.39, 0.29) is 0 Å². The van der Waals surface area contributed by atoms with Crippen LogP contribution >= 0.6 is 0 Å². The van der Waals surface area contributed by atoms with Crippen molar-refractivity contribution in [3.63, 3.8) is 0 Å². The average Bonchev–Trinajstić information content (AvgIpc) is 2.35. The van der Waals surface area contributed by atoms with Crippen molar-refractivity contribution in [2.75, 3.05) is 26.2 Å². The molecule has 2 saturated heterocycles. The molecule has 18 heavy (non-hydrogen) atoms. The molecule has 0 bridgehead atoms. The molecule has 2 aliphatic heterocycles. The molecule has 2 heteroatoms. The highest BCUT2D eigenvalue weighted by Gasteiger charge is 2.49. The fraction of sp³-hybridized carbons (Fsp3) is 1.00. The first kappa shape index (κ1) is 11.7. The van der Waals surface area contributed by atoms with Crippen LogP contribution in [0.5, 0.6) is 0 Å². The predicted octanol–water partition coefficient (Wildman–Crippen LogP) is 2.55. The number of rotatable bonds is 1. The maximum Gasteiger partial charge on any atom is 0.00202 e. The molecule has 4 aliphatic rings. The summed E-state index contributed by atoms with van der Waals surface area (Å²) in [4.78, 5) is 0. The topological polar surface area (TPSA) is 24.1 Å². The van der Waals surface area contributed by atoms with Crippen molar-refractivity contribution < 1.29 is 0 Å². The van der Waals surface area contributed by atoms with E-state index in [0.717, 1.165) is 22.7 Å². The summed E-state index contributed by atoms with van der Waals surface area (Å²) in [6, 6.07) is 0. The van der Waals surface area contributed by atoms with Gasteiger partial charge in [0.15, 0.2) is 0 Å². The third-order valence-electron chi connectivity index (χ3n) is 6.81. The molecule has 2 saturated carbocycles. The van der Waals surface area contributed by atoms with E-state index < -0.39 is 0 Å². The van der Waals surface area contributed by atoms with Crippen molar-refractivity contribution >= 4 is 0 Å². The first-order valence-electron chi connectivity index (χ1n) is 8.21. The Morgan fingerprint density at radius 1 is 0.667 bits per heavy atom. The Hall–Kier alpha value is -0.0800. The van der Waals surface area contributed by atoms with Crippen molar-refractivity contribution in [1.29, 1.82) is 0 Å². The van der Waals surface area contributed by atoms with Gasteiger partial charge in [-0.2, -0.15) is 0 Å². The summed E-state index contributed by atoms with van der Waals surface area (Å²) in [6.45, 7) is 5.21. The van der Waals surface area contributed by atoms with Crippen LogP contribution in [0.1, 0.15) is 51.4 Å². The minimum absolute atomic E-state index is 0.757. The summed E-state index contributed by atoms with van der Waals surface area (Å²) in [5.41, 5.74) is 1.55. The molecule has 2 nitrogen and oxygen atoms in total. The van der Waals surface area contributed by atoms with Gasteiger partial charge in [-0.25, -0.2) is 0 Å². The van der Waals surface area contributed by atoms with Gasteiger partial charge in [-0.3, -0.25) is 0 Å². The van der Waals surface area contributed by atoms with E-state index in [1.807, 2.05) is 0 Å². The summed E-state index contributed by atoms with van der Waals surface area (Å²) in [6.07, 6.45) is 12.2. The van der Waals surface area contributed by atoms with Gasteiger partial charge in [-0.05, 0) is 87.1 Å². The van der Waals surface area contributed by atoms with Crippen LogP contribution in [0.2, 0.25) is 0 Å². The average molecular weight is 248 g/mol. The van der Waals surface area contributed by atoms with Crippen LogP contribution in [0.25, 0.3) is 0 Å². The second-order valence-electron chi connectivity index (χ2n) is 7.86. The largest absolute Gasteiger partial charge is 0.317 e. The van der Waals surface area contributed by atoms with E-state index in [1.54, 1.807) is 25.7 Å². The smallest absolute Gasteiger partial charge is 0.00202 e. The van der Waals surface area contributed by atoms with Crippen molar-refractivity contribution in [3.05, 3.63) is 0 Å². The second-order valence-corrected chi connectivity index (χ2v) is 7.86. The van der Waals surface area contributed by atoms with Gasteiger partial charge in [0, 0.05) is 13.1 Å². The Kier molecular flexibility index (Phi) is 2.74. The first-order valence-corrected chi connectivity index (χ1v) is 8.21. The Balaban J connectivity index is 1.29. The molecule has 2 heterocycles. The van der Waals surface area contributed by atoms with Gasteiger partial charge in [0.1, 0.15) is 0 Å². The summed E-state index contributed by atoms with van der Waals surface area (Å²) >= 11 is 0. The van der Waals surface area contributed by atoms with E-state index in [2.05, 4.69) is 10.6 Å². The van der Waals surface area contributed by atoms with Gasteiger partial charge < -0.3 is 10.6 Å². The number of hydrogen-bond donors (Lipinski definition) is 2. The van der Waals surface area contributed by atoms with Crippen LogP contribution in [0, 0.1) is 22.7 Å². The Bertz CT molecular complexity index is 297. The van der Waals surface area contributed by atoms with E-state index in [4.69, 9.17) is 0 Å². The fourth-order valence-electron chi connectivity index (χ4n) is 5.31. The molecular formula is C16H28N2. The highest BCUT2D eigenvalue weighted by Crippen LogP contribution is 2.57. The molecule has 4 fully saturated rings. The lowest BCUT2D eigenvalue weighted by atomic mass is 9.52. The summed E-state index contributed by atoms with van der Waals surface area (Å²) in [5, 5.41) is 7.00. The lowest BCUT2D eigenvalue weighted by molar-refractivity contribution is -0.0377. The summed E-state index contributed by atoms with van der Waals surface area (Å²) in [7, 11) is 0. The zero-order valence-corrected chi connectivity index (χ0v) is 11.6. The minimum atomic E-state index is 0.757. The van der Waals surface area contributed by atoms with Crippen LogP contribution in [-0.2, 0) is 0 Å². The van der Waals surface area contributed by atoms with Crippen LogP contribution < -0.4 is 10.6 Å². The zero-order chi connectivity index (χ0) is 12.1. The van der Waals surface area contributed by atoms with Crippen LogP contribution in [0.15, 0.2) is 0 Å². The molecule has 0 unspecified atom stereocenters. The normalized spacial score (nSPS) is 38.3. The molecule has 2 N–H and O–H groups in total. The van der Waals surface area contributed by atoms with E-state index >= 15 is 0 Å². The third-order valence-corrected chi connectivity index (χ3v) is 6.81. The van der Waals surface area contributed by atoms with Crippen LogP contribution in [0.4, 0.5) is 0 Å². The van der Waals surface area contributed by atoms with Gasteiger partial charge in [0.25, 0.3) is 0 Å². The molecule has 0 aromatic rings. The standard InChI is InChI=1S/C16H28N2/c1-3-16(11-18-12-16)4-2-13(1)14-9-15(10-14)5-7-17-8-6-15/h13-14,17-18H,1-12H2. The minimum Gasteiger partial charge on any atom is -0.317 e. The maximum absolute atomic E-state index is 3.52. The van der Waals surface area contributed by atoms with Gasteiger partial charge in [-0.1, -0.05) is 0 Å². The Morgan fingerprint density at radius 3 is 1.89 bits per heavy atom. The van der Waals surface area contributed by atoms with E-state index in [0.29, 0.717) is 0 Å². The lowest BCUT2D eigenvalue weighted by Crippen LogP contribution is -2.56. The van der Waals surface area contributed by atoms with Crippen LogP contribution in [0.3, 0.4) is 0 Å². The fourth-order valence-corrected chi connectivity index (χ4v) is 5.31. The predicted molar refractivity (Wildman–Crippen MR) is 74.5 cm³/mol. The lowest BCUT2D eigenvalue weighted by Gasteiger charge is -2.56.